The van der Waals surface area contributed by atoms with Gasteiger partial charge in [-0.05, 0) is 24.6 Å². The molecule has 0 fully saturated rings. The standard InChI is InChI=1S/C16H27NO5/c1-14-3-4-16(20-2)15(13-14)17(5-9-21-11-7-18)6-10-22-12-8-19/h3-4,13,18-19H,5-12H2,1-2H3. The van der Waals surface area contributed by atoms with Crippen molar-refractivity contribution in [3.63, 3.8) is 0 Å². The maximum atomic E-state index is 8.77. The molecule has 0 saturated heterocycles. The van der Waals surface area contributed by atoms with Crippen molar-refractivity contribution in [2.45, 2.75) is 6.92 Å². The molecule has 0 unspecified atom stereocenters. The summed E-state index contributed by atoms with van der Waals surface area (Å²) in [4.78, 5) is 2.13. The lowest BCUT2D eigenvalue weighted by Crippen LogP contribution is -2.32. The number of methoxy groups -OCH3 is 1. The van der Waals surface area contributed by atoms with Crippen molar-refractivity contribution in [3.8, 4) is 5.75 Å². The number of aryl methyl sites for hydroxylation is 1. The van der Waals surface area contributed by atoms with Crippen molar-refractivity contribution in [1.82, 2.24) is 0 Å². The number of aliphatic hydroxyl groups is 2. The first-order chi connectivity index (χ1) is 10.7. The molecule has 2 N–H and O–H groups in total. The monoisotopic (exact) mass is 313 g/mol. The third-order valence-corrected chi connectivity index (χ3v) is 3.16. The van der Waals surface area contributed by atoms with Crippen LogP contribution in [-0.2, 0) is 9.47 Å². The lowest BCUT2D eigenvalue weighted by molar-refractivity contribution is 0.0883. The van der Waals surface area contributed by atoms with Crippen LogP contribution in [0, 0.1) is 6.92 Å². The minimum Gasteiger partial charge on any atom is -0.495 e. The molecular weight excluding hydrogens is 286 g/mol. The van der Waals surface area contributed by atoms with Crippen LogP contribution in [-0.4, -0.2) is 70.1 Å². The number of benzene rings is 1. The molecule has 22 heavy (non-hydrogen) atoms. The van der Waals surface area contributed by atoms with Gasteiger partial charge in [0.2, 0.25) is 0 Å². The molecule has 0 aliphatic heterocycles. The molecule has 0 saturated carbocycles. The summed E-state index contributed by atoms with van der Waals surface area (Å²) in [5, 5.41) is 17.5. The van der Waals surface area contributed by atoms with Crippen molar-refractivity contribution in [2.75, 3.05) is 64.7 Å². The fourth-order valence-corrected chi connectivity index (χ4v) is 2.08. The Morgan fingerprint density at radius 2 is 1.55 bits per heavy atom. The van der Waals surface area contributed by atoms with Crippen molar-refractivity contribution in [2.24, 2.45) is 0 Å². The van der Waals surface area contributed by atoms with E-state index in [0.29, 0.717) is 39.5 Å². The first kappa shape index (κ1) is 18.7. The van der Waals surface area contributed by atoms with Gasteiger partial charge in [0.15, 0.2) is 0 Å². The first-order valence-electron chi connectivity index (χ1n) is 7.49. The van der Waals surface area contributed by atoms with Crippen LogP contribution in [0.5, 0.6) is 5.75 Å². The van der Waals surface area contributed by atoms with E-state index in [2.05, 4.69) is 11.0 Å². The van der Waals surface area contributed by atoms with Crippen LogP contribution in [0.15, 0.2) is 18.2 Å². The minimum atomic E-state index is 0.0212. The number of nitrogens with zero attached hydrogens (tertiary/aromatic N) is 1. The fourth-order valence-electron chi connectivity index (χ4n) is 2.08. The molecule has 0 radical (unpaired) electrons. The minimum absolute atomic E-state index is 0.0212. The van der Waals surface area contributed by atoms with Crippen LogP contribution in [0.25, 0.3) is 0 Å². The fraction of sp³-hybridized carbons (Fsp3) is 0.625. The van der Waals surface area contributed by atoms with Gasteiger partial charge in [-0.1, -0.05) is 6.07 Å². The lowest BCUT2D eigenvalue weighted by atomic mass is 10.2. The van der Waals surface area contributed by atoms with E-state index in [1.807, 2.05) is 19.1 Å². The summed E-state index contributed by atoms with van der Waals surface area (Å²) in [5.74, 6) is 0.801. The van der Waals surface area contributed by atoms with Crippen LogP contribution in [0.2, 0.25) is 0 Å². The summed E-state index contributed by atoms with van der Waals surface area (Å²) in [6, 6.07) is 6.02. The maximum Gasteiger partial charge on any atom is 0.142 e. The van der Waals surface area contributed by atoms with E-state index in [-0.39, 0.29) is 13.2 Å². The Morgan fingerprint density at radius 1 is 0.955 bits per heavy atom. The number of aliphatic hydroxyl groups excluding tert-OH is 2. The zero-order chi connectivity index (χ0) is 16.2. The van der Waals surface area contributed by atoms with Gasteiger partial charge < -0.3 is 29.3 Å². The molecule has 0 aliphatic carbocycles. The van der Waals surface area contributed by atoms with Gasteiger partial charge in [-0.2, -0.15) is 0 Å². The summed E-state index contributed by atoms with van der Waals surface area (Å²) < 4.78 is 16.1. The van der Waals surface area contributed by atoms with Gasteiger partial charge in [-0.25, -0.2) is 0 Å². The highest BCUT2D eigenvalue weighted by atomic mass is 16.5. The normalized spacial score (nSPS) is 10.7. The molecule has 0 bridgehead atoms. The SMILES string of the molecule is COc1ccc(C)cc1N(CCOCCO)CCOCCO. The van der Waals surface area contributed by atoms with E-state index in [1.165, 1.54) is 0 Å². The summed E-state index contributed by atoms with van der Waals surface area (Å²) in [7, 11) is 1.65. The van der Waals surface area contributed by atoms with Gasteiger partial charge >= 0.3 is 0 Å². The van der Waals surface area contributed by atoms with E-state index in [4.69, 9.17) is 24.4 Å². The number of hydrogen-bond acceptors (Lipinski definition) is 6. The van der Waals surface area contributed by atoms with E-state index < -0.39 is 0 Å². The Balaban J connectivity index is 2.71. The van der Waals surface area contributed by atoms with E-state index in [9.17, 15) is 0 Å². The Kier molecular flexibility index (Phi) is 9.57. The molecule has 0 aliphatic rings. The highest BCUT2D eigenvalue weighted by Gasteiger charge is 2.12. The van der Waals surface area contributed by atoms with E-state index in [1.54, 1.807) is 7.11 Å². The number of anilines is 1. The zero-order valence-corrected chi connectivity index (χ0v) is 13.5. The molecule has 1 aromatic rings. The van der Waals surface area contributed by atoms with Gasteiger partial charge in [-0.15, -0.1) is 0 Å². The molecule has 1 rings (SSSR count). The predicted molar refractivity (Wildman–Crippen MR) is 85.8 cm³/mol. The van der Waals surface area contributed by atoms with Crippen molar-refractivity contribution < 1.29 is 24.4 Å². The van der Waals surface area contributed by atoms with Crippen LogP contribution in [0.4, 0.5) is 5.69 Å². The second kappa shape index (κ2) is 11.3. The number of hydrogen-bond donors (Lipinski definition) is 2. The van der Waals surface area contributed by atoms with Crippen LogP contribution in [0.3, 0.4) is 0 Å². The third kappa shape index (κ3) is 6.62. The van der Waals surface area contributed by atoms with Gasteiger partial charge in [0.05, 0.1) is 52.4 Å². The number of rotatable bonds is 12. The Morgan fingerprint density at radius 3 is 2.05 bits per heavy atom. The quantitative estimate of drug-likeness (QED) is 0.557. The second-order valence-electron chi connectivity index (χ2n) is 4.83. The highest BCUT2D eigenvalue weighted by molar-refractivity contribution is 5.60. The summed E-state index contributed by atoms with van der Waals surface area (Å²) >= 11 is 0. The van der Waals surface area contributed by atoms with Crippen LogP contribution < -0.4 is 9.64 Å². The summed E-state index contributed by atoms with van der Waals surface area (Å²) in [6.07, 6.45) is 0. The van der Waals surface area contributed by atoms with Gasteiger partial charge in [0.1, 0.15) is 5.75 Å². The Hall–Kier alpha value is -1.34. The summed E-state index contributed by atoms with van der Waals surface area (Å²) in [6.45, 7) is 5.10. The molecule has 0 amide bonds. The molecule has 0 atom stereocenters. The number of ether oxygens (including phenoxy) is 3. The largest absolute Gasteiger partial charge is 0.495 e. The second-order valence-corrected chi connectivity index (χ2v) is 4.83. The molecule has 6 heteroatoms. The van der Waals surface area contributed by atoms with E-state index in [0.717, 1.165) is 17.0 Å². The average Bonchev–Trinajstić information content (AvgIpc) is 2.53. The van der Waals surface area contributed by atoms with Gasteiger partial charge in [0.25, 0.3) is 0 Å². The maximum absolute atomic E-state index is 8.77. The molecule has 0 aromatic heterocycles. The average molecular weight is 313 g/mol. The third-order valence-electron chi connectivity index (χ3n) is 3.16. The molecule has 0 heterocycles. The van der Waals surface area contributed by atoms with E-state index >= 15 is 0 Å². The van der Waals surface area contributed by atoms with Crippen molar-refractivity contribution in [1.29, 1.82) is 0 Å². The molecule has 126 valence electrons. The molecule has 1 aromatic carbocycles. The Labute approximate surface area is 132 Å². The topological polar surface area (TPSA) is 71.4 Å². The Bertz CT molecular complexity index is 402. The van der Waals surface area contributed by atoms with Gasteiger partial charge in [-0.3, -0.25) is 0 Å². The first-order valence-corrected chi connectivity index (χ1v) is 7.49. The summed E-state index contributed by atoms with van der Waals surface area (Å²) in [5.41, 5.74) is 2.14. The smallest absolute Gasteiger partial charge is 0.142 e. The molecule has 6 nitrogen and oxygen atoms in total. The van der Waals surface area contributed by atoms with Crippen molar-refractivity contribution in [3.05, 3.63) is 23.8 Å². The molecular formula is C16H27NO5. The predicted octanol–water partition coefficient (Wildman–Crippen LogP) is 0.828. The highest BCUT2D eigenvalue weighted by Crippen LogP contribution is 2.29. The zero-order valence-electron chi connectivity index (χ0n) is 13.5. The molecule has 0 spiro atoms. The van der Waals surface area contributed by atoms with Gasteiger partial charge in [0, 0.05) is 13.1 Å². The van der Waals surface area contributed by atoms with Crippen LogP contribution >= 0.6 is 0 Å². The van der Waals surface area contributed by atoms with Crippen molar-refractivity contribution >= 4 is 5.69 Å². The van der Waals surface area contributed by atoms with Crippen LogP contribution in [0.1, 0.15) is 5.56 Å². The lowest BCUT2D eigenvalue weighted by Gasteiger charge is -2.26.